The van der Waals surface area contributed by atoms with Crippen molar-refractivity contribution in [3.05, 3.63) is 35.1 Å². The van der Waals surface area contributed by atoms with Crippen LogP contribution >= 0.6 is 11.6 Å². The molecule has 3 aliphatic heterocycles. The van der Waals surface area contributed by atoms with Gasteiger partial charge < -0.3 is 19.0 Å². The fourth-order valence-electron chi connectivity index (χ4n) is 6.53. The first-order valence-corrected chi connectivity index (χ1v) is 14.1. The van der Waals surface area contributed by atoms with Gasteiger partial charge in [-0.15, -0.1) is 5.48 Å². The van der Waals surface area contributed by atoms with Crippen LogP contribution in [0.3, 0.4) is 0 Å². The summed E-state index contributed by atoms with van der Waals surface area (Å²) >= 11 is 6.43. The summed E-state index contributed by atoms with van der Waals surface area (Å²) in [6.45, 7) is 4.91. The number of hydroxylamine groups is 1. The number of carbonyl (C=O) groups excluding carboxylic acids is 1. The molecule has 3 unspecified atom stereocenters. The van der Waals surface area contributed by atoms with Crippen molar-refractivity contribution >= 4 is 34.8 Å². The third-order valence-electron chi connectivity index (χ3n) is 8.55. The highest BCUT2D eigenvalue weighted by Crippen LogP contribution is 2.39. The van der Waals surface area contributed by atoms with Gasteiger partial charge in [0.2, 0.25) is 5.95 Å². The number of hydrogen-bond donors (Lipinski definition) is 2. The number of anilines is 1. The molecule has 0 radical (unpaired) electrons. The number of amides is 1. The smallest absolute Gasteiger partial charge is 0.376 e. The first kappa shape index (κ1) is 24.1. The maximum Gasteiger partial charge on any atom is 0.427 e. The van der Waals surface area contributed by atoms with E-state index in [0.29, 0.717) is 28.5 Å². The number of aromatic nitrogens is 4. The molecule has 10 nitrogen and oxygen atoms in total. The summed E-state index contributed by atoms with van der Waals surface area (Å²) in [6, 6.07) is 8.02. The van der Waals surface area contributed by atoms with Crippen LogP contribution in [0.25, 0.3) is 22.4 Å². The molecule has 200 valence electrons. The summed E-state index contributed by atoms with van der Waals surface area (Å²) in [4.78, 5) is 34.1. The highest BCUT2D eigenvalue weighted by atomic mass is 35.5. The Morgan fingerprint density at radius 2 is 1.97 bits per heavy atom. The van der Waals surface area contributed by atoms with Crippen LogP contribution in [0.1, 0.15) is 57.4 Å². The lowest BCUT2D eigenvalue weighted by Crippen LogP contribution is -2.34. The molecule has 1 amide bonds. The molecule has 11 heteroatoms. The quantitative estimate of drug-likeness (QED) is 0.487. The third kappa shape index (κ3) is 4.28. The average molecular weight is 538 g/mol. The Morgan fingerprint density at radius 3 is 2.76 bits per heavy atom. The summed E-state index contributed by atoms with van der Waals surface area (Å²) < 4.78 is 8.38. The van der Waals surface area contributed by atoms with Gasteiger partial charge >= 0.3 is 6.09 Å². The molecule has 1 aliphatic carbocycles. The monoisotopic (exact) mass is 537 g/mol. The molecule has 4 aliphatic rings. The zero-order valence-corrected chi connectivity index (χ0v) is 22.2. The van der Waals surface area contributed by atoms with Crippen molar-refractivity contribution in [3.63, 3.8) is 0 Å². The zero-order valence-electron chi connectivity index (χ0n) is 21.4. The van der Waals surface area contributed by atoms with Crippen LogP contribution in [0.15, 0.2) is 24.3 Å². The molecule has 38 heavy (non-hydrogen) atoms. The minimum absolute atomic E-state index is 0.253. The number of halogens is 1. The number of carbonyl (C=O) groups is 1. The Bertz CT molecular complexity index is 1370. The van der Waals surface area contributed by atoms with Gasteiger partial charge in [-0.3, -0.25) is 5.32 Å². The maximum atomic E-state index is 11.8. The van der Waals surface area contributed by atoms with Gasteiger partial charge in [0.1, 0.15) is 11.2 Å². The summed E-state index contributed by atoms with van der Waals surface area (Å²) in [5, 5.41) is 3.35. The number of imidazole rings is 1. The van der Waals surface area contributed by atoms with Gasteiger partial charge in [-0.05, 0) is 49.7 Å². The van der Waals surface area contributed by atoms with Crippen molar-refractivity contribution < 1.29 is 14.4 Å². The molecule has 3 aromatic rings. The van der Waals surface area contributed by atoms with Gasteiger partial charge in [-0.1, -0.05) is 43.5 Å². The van der Waals surface area contributed by atoms with E-state index in [1.54, 1.807) is 0 Å². The van der Waals surface area contributed by atoms with E-state index < -0.39 is 12.3 Å². The van der Waals surface area contributed by atoms with Gasteiger partial charge in [0.05, 0.1) is 12.1 Å². The van der Waals surface area contributed by atoms with Crippen molar-refractivity contribution in [2.24, 2.45) is 11.8 Å². The number of nitrogens with one attached hydrogen (secondary N) is 2. The van der Waals surface area contributed by atoms with E-state index in [4.69, 9.17) is 36.1 Å². The number of hydrogen-bond acceptors (Lipinski definition) is 8. The highest BCUT2D eigenvalue weighted by molar-refractivity contribution is 6.30. The highest BCUT2D eigenvalue weighted by Gasteiger charge is 2.41. The molecule has 0 bridgehead atoms. The molecular weight excluding hydrogens is 506 g/mol. The number of nitrogens with zero attached hydrogens (tertiary/aromatic N) is 5. The van der Waals surface area contributed by atoms with E-state index in [1.165, 1.54) is 25.7 Å². The topological polar surface area (TPSA) is 106 Å². The fraction of sp³-hybridized carbons (Fsp3) is 0.556. The van der Waals surface area contributed by atoms with E-state index in [1.807, 2.05) is 24.3 Å². The molecule has 7 rings (SSSR count). The number of benzene rings is 1. The van der Waals surface area contributed by atoms with Gasteiger partial charge in [0.25, 0.3) is 0 Å². The lowest BCUT2D eigenvalue weighted by Gasteiger charge is -2.30. The molecule has 3 atom stereocenters. The molecule has 0 spiro atoms. The number of ether oxygens (including phenoxy) is 1. The fourth-order valence-corrected chi connectivity index (χ4v) is 6.72. The lowest BCUT2D eigenvalue weighted by atomic mass is 9.83. The maximum absolute atomic E-state index is 11.8. The van der Waals surface area contributed by atoms with Gasteiger partial charge in [-0.2, -0.15) is 4.98 Å². The van der Waals surface area contributed by atoms with Crippen molar-refractivity contribution in [2.45, 2.75) is 70.3 Å². The second kappa shape index (κ2) is 9.66. The molecule has 2 N–H and O–H groups in total. The molecular formula is C27H32ClN7O3. The molecule has 5 heterocycles. The predicted octanol–water partition coefficient (Wildman–Crippen LogP) is 4.58. The molecule has 1 aromatic carbocycles. The van der Waals surface area contributed by atoms with Crippen LogP contribution in [0, 0.1) is 11.8 Å². The first-order chi connectivity index (χ1) is 18.5. The second-order valence-electron chi connectivity index (χ2n) is 11.1. The standard InChI is InChI=1S/C27H32ClN7O3/c1-15-5-7-16(8-6-15)14-35-22-21(17-3-2-4-18(28)13-17)29-24(25-32-27(36)38-33-25)30-23(22)31-26(35)34-11-9-20-19(34)10-12-37-20/h2-4,13,15-16,19-20,25,33H,5-12,14H2,1H3,(H,32,36). The van der Waals surface area contributed by atoms with E-state index in [0.717, 1.165) is 61.2 Å². The lowest BCUT2D eigenvalue weighted by molar-refractivity contribution is 0.113. The van der Waals surface area contributed by atoms with Crippen LogP contribution in [-0.2, 0) is 16.1 Å². The van der Waals surface area contributed by atoms with Crippen molar-refractivity contribution in [2.75, 3.05) is 18.1 Å². The zero-order chi connectivity index (χ0) is 25.8. The summed E-state index contributed by atoms with van der Waals surface area (Å²) in [7, 11) is 0. The minimum Gasteiger partial charge on any atom is -0.376 e. The van der Waals surface area contributed by atoms with Crippen molar-refractivity contribution in [1.29, 1.82) is 0 Å². The van der Waals surface area contributed by atoms with E-state index in [9.17, 15) is 4.79 Å². The third-order valence-corrected chi connectivity index (χ3v) is 8.79. The molecule has 2 aromatic heterocycles. The molecule has 4 fully saturated rings. The van der Waals surface area contributed by atoms with Gasteiger partial charge in [-0.25, -0.2) is 14.8 Å². The van der Waals surface area contributed by atoms with Crippen molar-refractivity contribution in [3.8, 4) is 11.3 Å². The number of fused-ring (bicyclic) bond motifs is 2. The van der Waals surface area contributed by atoms with Crippen molar-refractivity contribution in [1.82, 2.24) is 30.3 Å². The number of rotatable bonds is 5. The van der Waals surface area contributed by atoms with Crippen LogP contribution in [0.4, 0.5) is 10.7 Å². The Hall–Kier alpha value is -2.95. The van der Waals surface area contributed by atoms with Crippen LogP contribution in [0.5, 0.6) is 0 Å². The summed E-state index contributed by atoms with van der Waals surface area (Å²) in [6.07, 6.45) is 5.94. The normalized spacial score (nSPS) is 29.1. The largest absolute Gasteiger partial charge is 0.427 e. The van der Waals surface area contributed by atoms with Crippen LogP contribution in [0.2, 0.25) is 5.02 Å². The van der Waals surface area contributed by atoms with Crippen LogP contribution in [-0.4, -0.2) is 50.9 Å². The Balaban J connectivity index is 1.41. The second-order valence-corrected chi connectivity index (χ2v) is 11.5. The van der Waals surface area contributed by atoms with E-state index in [-0.39, 0.29) is 6.10 Å². The predicted molar refractivity (Wildman–Crippen MR) is 142 cm³/mol. The SMILES string of the molecule is CC1CCC(Cn2c(N3CCC4OCCC43)nc3nc(C4NOC(=O)N4)nc(-c4cccc(Cl)c4)c32)CC1. The first-order valence-electron chi connectivity index (χ1n) is 13.7. The Morgan fingerprint density at radius 1 is 1.11 bits per heavy atom. The van der Waals surface area contributed by atoms with E-state index >= 15 is 0 Å². The Kier molecular flexibility index (Phi) is 6.13. The van der Waals surface area contributed by atoms with Gasteiger partial charge in [0, 0.05) is 30.3 Å². The Labute approximate surface area is 226 Å². The average Bonchev–Trinajstić information content (AvgIpc) is 3.69. The minimum atomic E-state index is -0.669. The van der Waals surface area contributed by atoms with Gasteiger partial charge in [0.15, 0.2) is 17.6 Å². The van der Waals surface area contributed by atoms with E-state index in [2.05, 4.69) is 27.2 Å². The van der Waals surface area contributed by atoms with Crippen LogP contribution < -0.4 is 15.7 Å². The summed E-state index contributed by atoms with van der Waals surface area (Å²) in [5.74, 6) is 2.68. The summed E-state index contributed by atoms with van der Waals surface area (Å²) in [5.41, 5.74) is 5.81. The molecule has 3 saturated heterocycles. The molecule has 1 saturated carbocycles.